The van der Waals surface area contributed by atoms with Crippen LogP contribution < -0.4 is 4.74 Å². The predicted octanol–water partition coefficient (Wildman–Crippen LogP) is 3.29. The Morgan fingerprint density at radius 1 is 0.889 bits per heavy atom. The van der Waals surface area contributed by atoms with E-state index >= 15 is 0 Å². The SMILES string of the molecule is COCc1cc(C(C)(C)C)cc(COC)c1OC. The molecule has 0 aliphatic carbocycles. The second-order valence-electron chi connectivity index (χ2n) is 5.44. The molecule has 0 saturated carbocycles. The molecule has 1 aromatic carbocycles. The number of hydrogen-bond acceptors (Lipinski definition) is 3. The molecule has 0 atom stereocenters. The van der Waals surface area contributed by atoms with Gasteiger partial charge in [-0.3, -0.25) is 0 Å². The van der Waals surface area contributed by atoms with Crippen LogP contribution in [-0.4, -0.2) is 21.3 Å². The predicted molar refractivity (Wildman–Crippen MR) is 73.1 cm³/mol. The zero-order chi connectivity index (χ0) is 13.8. The van der Waals surface area contributed by atoms with Crippen LogP contribution in [0.1, 0.15) is 37.5 Å². The smallest absolute Gasteiger partial charge is 0.129 e. The Balaban J connectivity index is 3.33. The molecule has 1 aromatic rings. The fourth-order valence-corrected chi connectivity index (χ4v) is 1.98. The van der Waals surface area contributed by atoms with Crippen molar-refractivity contribution >= 4 is 0 Å². The van der Waals surface area contributed by atoms with Gasteiger partial charge in [-0.05, 0) is 23.1 Å². The lowest BCUT2D eigenvalue weighted by atomic mass is 9.85. The van der Waals surface area contributed by atoms with E-state index < -0.39 is 0 Å². The highest BCUT2D eigenvalue weighted by Crippen LogP contribution is 2.32. The maximum atomic E-state index is 5.49. The molecule has 0 unspecified atom stereocenters. The van der Waals surface area contributed by atoms with Crippen LogP contribution >= 0.6 is 0 Å². The van der Waals surface area contributed by atoms with Crippen molar-refractivity contribution in [2.75, 3.05) is 21.3 Å². The van der Waals surface area contributed by atoms with Gasteiger partial charge in [-0.25, -0.2) is 0 Å². The van der Waals surface area contributed by atoms with Crippen molar-refractivity contribution in [2.45, 2.75) is 39.4 Å². The Labute approximate surface area is 110 Å². The van der Waals surface area contributed by atoms with Gasteiger partial charge in [0, 0.05) is 25.3 Å². The second-order valence-corrected chi connectivity index (χ2v) is 5.44. The van der Waals surface area contributed by atoms with Crippen molar-refractivity contribution in [2.24, 2.45) is 0 Å². The highest BCUT2D eigenvalue weighted by Gasteiger charge is 2.19. The molecule has 0 spiro atoms. The normalized spacial score (nSPS) is 11.7. The summed E-state index contributed by atoms with van der Waals surface area (Å²) in [5.41, 5.74) is 3.50. The fourth-order valence-electron chi connectivity index (χ4n) is 1.98. The molecule has 18 heavy (non-hydrogen) atoms. The maximum absolute atomic E-state index is 5.49. The molecule has 0 aliphatic heterocycles. The van der Waals surface area contributed by atoms with E-state index in [-0.39, 0.29) is 5.41 Å². The minimum atomic E-state index is 0.0945. The Hall–Kier alpha value is -1.06. The third kappa shape index (κ3) is 3.47. The van der Waals surface area contributed by atoms with E-state index in [4.69, 9.17) is 14.2 Å². The van der Waals surface area contributed by atoms with Crippen molar-refractivity contribution in [1.82, 2.24) is 0 Å². The van der Waals surface area contributed by atoms with Gasteiger partial charge >= 0.3 is 0 Å². The molecule has 0 bridgehead atoms. The topological polar surface area (TPSA) is 27.7 Å². The largest absolute Gasteiger partial charge is 0.496 e. The third-order valence-electron chi connectivity index (χ3n) is 2.91. The van der Waals surface area contributed by atoms with E-state index in [1.807, 2.05) is 0 Å². The number of methoxy groups -OCH3 is 3. The summed E-state index contributed by atoms with van der Waals surface area (Å²) >= 11 is 0. The van der Waals surface area contributed by atoms with E-state index in [2.05, 4.69) is 32.9 Å². The van der Waals surface area contributed by atoms with Crippen LogP contribution in [0.25, 0.3) is 0 Å². The Bertz CT molecular complexity index is 364. The standard InChI is InChI=1S/C15H24O3/c1-15(2,3)13-7-11(9-16-4)14(18-6)12(8-13)10-17-5/h7-8H,9-10H2,1-6H3. The van der Waals surface area contributed by atoms with Crippen molar-refractivity contribution in [3.8, 4) is 5.75 Å². The monoisotopic (exact) mass is 252 g/mol. The van der Waals surface area contributed by atoms with Crippen LogP contribution in [0.2, 0.25) is 0 Å². The highest BCUT2D eigenvalue weighted by molar-refractivity contribution is 5.46. The number of rotatable bonds is 5. The van der Waals surface area contributed by atoms with Gasteiger partial charge in [0.25, 0.3) is 0 Å². The van der Waals surface area contributed by atoms with Crippen LogP contribution in [0, 0.1) is 0 Å². The number of hydrogen-bond donors (Lipinski definition) is 0. The fraction of sp³-hybridized carbons (Fsp3) is 0.600. The summed E-state index contributed by atoms with van der Waals surface area (Å²) in [4.78, 5) is 0. The molecule has 3 nitrogen and oxygen atoms in total. The molecule has 0 aliphatic rings. The number of ether oxygens (including phenoxy) is 3. The molecule has 1 rings (SSSR count). The molecule has 0 aromatic heterocycles. The van der Waals surface area contributed by atoms with Crippen LogP contribution in [0.15, 0.2) is 12.1 Å². The van der Waals surface area contributed by atoms with Crippen LogP contribution in [0.3, 0.4) is 0 Å². The summed E-state index contributed by atoms with van der Waals surface area (Å²) in [7, 11) is 5.07. The van der Waals surface area contributed by atoms with Gasteiger partial charge in [0.2, 0.25) is 0 Å². The Morgan fingerprint density at radius 3 is 1.61 bits per heavy atom. The van der Waals surface area contributed by atoms with Crippen LogP contribution in [0.4, 0.5) is 0 Å². The first kappa shape index (κ1) is 15.0. The lowest BCUT2D eigenvalue weighted by Gasteiger charge is -2.23. The van der Waals surface area contributed by atoms with E-state index in [0.29, 0.717) is 13.2 Å². The van der Waals surface area contributed by atoms with Crippen molar-refractivity contribution in [3.05, 3.63) is 28.8 Å². The van der Waals surface area contributed by atoms with E-state index in [1.54, 1.807) is 21.3 Å². The number of benzene rings is 1. The first-order chi connectivity index (χ1) is 8.43. The summed E-state index contributed by atoms with van der Waals surface area (Å²) in [5.74, 6) is 0.867. The quantitative estimate of drug-likeness (QED) is 0.805. The minimum Gasteiger partial charge on any atom is -0.496 e. The summed E-state index contributed by atoms with van der Waals surface area (Å²) in [5, 5.41) is 0. The maximum Gasteiger partial charge on any atom is 0.129 e. The summed E-state index contributed by atoms with van der Waals surface area (Å²) in [6.45, 7) is 7.68. The molecule has 0 N–H and O–H groups in total. The van der Waals surface area contributed by atoms with Gasteiger partial charge in [0.1, 0.15) is 5.75 Å². The summed E-state index contributed by atoms with van der Waals surface area (Å²) in [6, 6.07) is 4.31. The van der Waals surface area contributed by atoms with Crippen LogP contribution in [0.5, 0.6) is 5.75 Å². The Kier molecular flexibility index (Phi) is 5.17. The third-order valence-corrected chi connectivity index (χ3v) is 2.91. The lowest BCUT2D eigenvalue weighted by Crippen LogP contribution is -2.13. The molecule has 102 valence electrons. The molecule has 0 amide bonds. The van der Waals surface area contributed by atoms with E-state index in [1.165, 1.54) is 5.56 Å². The van der Waals surface area contributed by atoms with Gasteiger partial charge in [-0.2, -0.15) is 0 Å². The molecular formula is C15H24O3. The van der Waals surface area contributed by atoms with E-state index in [0.717, 1.165) is 16.9 Å². The molecule has 0 radical (unpaired) electrons. The first-order valence-corrected chi connectivity index (χ1v) is 6.12. The van der Waals surface area contributed by atoms with Crippen molar-refractivity contribution in [1.29, 1.82) is 0 Å². The van der Waals surface area contributed by atoms with Gasteiger partial charge in [-0.1, -0.05) is 20.8 Å². The molecular weight excluding hydrogens is 228 g/mol. The first-order valence-electron chi connectivity index (χ1n) is 6.12. The average Bonchev–Trinajstić information content (AvgIpc) is 2.28. The van der Waals surface area contributed by atoms with Crippen LogP contribution in [-0.2, 0) is 28.1 Å². The summed E-state index contributed by atoms with van der Waals surface area (Å²) in [6.07, 6.45) is 0. The second kappa shape index (κ2) is 6.21. The molecule has 0 heterocycles. The molecule has 3 heteroatoms. The van der Waals surface area contributed by atoms with Gasteiger partial charge in [0.15, 0.2) is 0 Å². The lowest BCUT2D eigenvalue weighted by molar-refractivity contribution is 0.173. The van der Waals surface area contributed by atoms with Gasteiger partial charge in [-0.15, -0.1) is 0 Å². The van der Waals surface area contributed by atoms with Gasteiger partial charge < -0.3 is 14.2 Å². The highest BCUT2D eigenvalue weighted by atomic mass is 16.5. The average molecular weight is 252 g/mol. The van der Waals surface area contributed by atoms with E-state index in [9.17, 15) is 0 Å². The van der Waals surface area contributed by atoms with Crippen molar-refractivity contribution < 1.29 is 14.2 Å². The zero-order valence-corrected chi connectivity index (χ0v) is 12.3. The summed E-state index contributed by atoms with van der Waals surface area (Å²) < 4.78 is 16.0. The Morgan fingerprint density at radius 2 is 1.33 bits per heavy atom. The van der Waals surface area contributed by atoms with Gasteiger partial charge in [0.05, 0.1) is 20.3 Å². The molecule has 0 fully saturated rings. The minimum absolute atomic E-state index is 0.0945. The zero-order valence-electron chi connectivity index (χ0n) is 12.3. The van der Waals surface area contributed by atoms with Crippen molar-refractivity contribution in [3.63, 3.8) is 0 Å². The molecule has 0 saturated heterocycles.